The molecule has 19 heavy (non-hydrogen) atoms. The van der Waals surface area contributed by atoms with E-state index in [1.54, 1.807) is 11.0 Å². The first kappa shape index (κ1) is 15.5. The number of hydrogen-bond acceptors (Lipinski definition) is 2. The molecule has 2 amide bonds. The molecule has 1 rings (SSSR count). The van der Waals surface area contributed by atoms with Gasteiger partial charge >= 0.3 is 12.0 Å². The minimum atomic E-state index is -0.689. The van der Waals surface area contributed by atoms with Crippen molar-refractivity contribution in [3.63, 3.8) is 0 Å². The molecule has 1 aliphatic rings. The molecule has 0 heterocycles. The molecule has 0 unspecified atom stereocenters. The van der Waals surface area contributed by atoms with Crippen LogP contribution in [0.25, 0.3) is 0 Å². The highest BCUT2D eigenvalue weighted by molar-refractivity contribution is 5.74. The zero-order valence-electron chi connectivity index (χ0n) is 11.6. The van der Waals surface area contributed by atoms with Gasteiger partial charge in [-0.1, -0.05) is 6.08 Å². The van der Waals surface area contributed by atoms with E-state index in [1.807, 2.05) is 6.92 Å². The number of likely N-dealkylation sites (N-methyl/N-ethyl adjacent to an activating group) is 1. The van der Waals surface area contributed by atoms with Crippen molar-refractivity contribution in [2.24, 2.45) is 11.8 Å². The lowest BCUT2D eigenvalue weighted by Crippen LogP contribution is -2.42. The number of rotatable bonds is 6. The molecule has 0 spiro atoms. The minimum absolute atomic E-state index is 0.0669. The van der Waals surface area contributed by atoms with Crippen LogP contribution in [0, 0.1) is 11.8 Å². The van der Waals surface area contributed by atoms with Gasteiger partial charge in [0.2, 0.25) is 0 Å². The van der Waals surface area contributed by atoms with Crippen LogP contribution >= 0.6 is 0 Å². The first-order valence-corrected chi connectivity index (χ1v) is 6.94. The van der Waals surface area contributed by atoms with Crippen LogP contribution in [-0.2, 0) is 4.79 Å². The molecule has 0 aromatic heterocycles. The number of hydrogen-bond donors (Lipinski definition) is 2. The van der Waals surface area contributed by atoms with Crippen molar-refractivity contribution in [1.82, 2.24) is 10.2 Å². The van der Waals surface area contributed by atoms with E-state index in [0.717, 1.165) is 25.7 Å². The molecule has 1 fully saturated rings. The Morgan fingerprint density at radius 2 is 2.00 bits per heavy atom. The third kappa shape index (κ3) is 4.93. The van der Waals surface area contributed by atoms with Crippen molar-refractivity contribution >= 4 is 12.0 Å². The molecule has 5 nitrogen and oxygen atoms in total. The molecular formula is C14H24N2O3. The van der Waals surface area contributed by atoms with E-state index >= 15 is 0 Å². The summed E-state index contributed by atoms with van der Waals surface area (Å²) in [6.45, 7) is 7.40. The highest BCUT2D eigenvalue weighted by Crippen LogP contribution is 2.28. The molecule has 0 atom stereocenters. The van der Waals surface area contributed by atoms with Gasteiger partial charge < -0.3 is 15.3 Å². The second kappa shape index (κ2) is 7.81. The number of urea groups is 1. The van der Waals surface area contributed by atoms with E-state index in [9.17, 15) is 9.59 Å². The van der Waals surface area contributed by atoms with Gasteiger partial charge in [-0.3, -0.25) is 4.79 Å². The number of carboxylic acids is 1. The number of nitrogens with zero attached hydrogens (tertiary/aromatic N) is 1. The predicted molar refractivity (Wildman–Crippen MR) is 73.9 cm³/mol. The van der Waals surface area contributed by atoms with Crippen LogP contribution in [0.5, 0.6) is 0 Å². The average molecular weight is 268 g/mol. The minimum Gasteiger partial charge on any atom is -0.481 e. The first-order chi connectivity index (χ1) is 9.08. The average Bonchev–Trinajstić information content (AvgIpc) is 2.42. The standard InChI is InChI=1S/C14H24N2O3/c1-3-9-16(4-2)14(19)15-10-11-5-7-12(8-6-11)13(17)18/h3,11-12H,1,4-10H2,2H3,(H,15,19)(H,17,18). The Kier molecular flexibility index (Phi) is 6.39. The van der Waals surface area contributed by atoms with Crippen molar-refractivity contribution in [3.05, 3.63) is 12.7 Å². The van der Waals surface area contributed by atoms with Gasteiger partial charge in [-0.15, -0.1) is 6.58 Å². The van der Waals surface area contributed by atoms with Crippen LogP contribution in [0.15, 0.2) is 12.7 Å². The number of carbonyl (C=O) groups is 2. The first-order valence-electron chi connectivity index (χ1n) is 6.94. The van der Waals surface area contributed by atoms with Gasteiger partial charge in [0, 0.05) is 19.6 Å². The summed E-state index contributed by atoms with van der Waals surface area (Å²) in [4.78, 5) is 24.4. The molecular weight excluding hydrogens is 244 g/mol. The van der Waals surface area contributed by atoms with Gasteiger partial charge in [0.1, 0.15) is 0 Å². The Hall–Kier alpha value is -1.52. The fraction of sp³-hybridized carbons (Fsp3) is 0.714. The third-order valence-corrected chi connectivity index (χ3v) is 3.76. The molecule has 1 aliphatic carbocycles. The maximum atomic E-state index is 11.9. The van der Waals surface area contributed by atoms with Crippen LogP contribution < -0.4 is 5.32 Å². The van der Waals surface area contributed by atoms with Gasteiger partial charge in [-0.25, -0.2) is 4.79 Å². The lowest BCUT2D eigenvalue weighted by Gasteiger charge is -2.27. The van der Waals surface area contributed by atoms with E-state index < -0.39 is 5.97 Å². The summed E-state index contributed by atoms with van der Waals surface area (Å²) in [7, 11) is 0. The lowest BCUT2D eigenvalue weighted by molar-refractivity contribution is -0.143. The van der Waals surface area contributed by atoms with Crippen LogP contribution in [-0.4, -0.2) is 41.6 Å². The molecule has 2 N–H and O–H groups in total. The molecule has 0 saturated heterocycles. The molecule has 0 aliphatic heterocycles. The number of carboxylic acid groups (broad SMARTS) is 1. The normalized spacial score (nSPS) is 22.6. The van der Waals surface area contributed by atoms with Gasteiger partial charge in [-0.05, 0) is 38.5 Å². The highest BCUT2D eigenvalue weighted by atomic mass is 16.4. The zero-order valence-corrected chi connectivity index (χ0v) is 11.6. The Morgan fingerprint density at radius 1 is 1.37 bits per heavy atom. The van der Waals surface area contributed by atoms with Gasteiger partial charge in [0.25, 0.3) is 0 Å². The summed E-state index contributed by atoms with van der Waals surface area (Å²) in [6.07, 6.45) is 4.91. The van der Waals surface area contributed by atoms with Crippen LogP contribution in [0.1, 0.15) is 32.6 Å². The number of aliphatic carboxylic acids is 1. The number of carbonyl (C=O) groups excluding carboxylic acids is 1. The van der Waals surface area contributed by atoms with E-state index in [0.29, 0.717) is 25.6 Å². The molecule has 0 aromatic carbocycles. The zero-order chi connectivity index (χ0) is 14.3. The fourth-order valence-electron chi connectivity index (χ4n) is 2.47. The second-order valence-electron chi connectivity index (χ2n) is 5.07. The van der Waals surface area contributed by atoms with E-state index in [-0.39, 0.29) is 11.9 Å². The van der Waals surface area contributed by atoms with Crippen molar-refractivity contribution in [1.29, 1.82) is 0 Å². The van der Waals surface area contributed by atoms with E-state index in [4.69, 9.17) is 5.11 Å². The monoisotopic (exact) mass is 268 g/mol. The third-order valence-electron chi connectivity index (χ3n) is 3.76. The summed E-state index contributed by atoms with van der Waals surface area (Å²) in [5.74, 6) is -0.479. The van der Waals surface area contributed by atoms with Crippen molar-refractivity contribution in [2.75, 3.05) is 19.6 Å². The summed E-state index contributed by atoms with van der Waals surface area (Å²) in [5.41, 5.74) is 0. The second-order valence-corrected chi connectivity index (χ2v) is 5.07. The van der Waals surface area contributed by atoms with Crippen LogP contribution in [0.4, 0.5) is 4.79 Å². The molecule has 108 valence electrons. The summed E-state index contributed by atoms with van der Waals surface area (Å²) < 4.78 is 0. The van der Waals surface area contributed by atoms with Crippen molar-refractivity contribution in [3.8, 4) is 0 Å². The Morgan fingerprint density at radius 3 is 2.47 bits per heavy atom. The molecule has 0 radical (unpaired) electrons. The summed E-state index contributed by atoms with van der Waals surface area (Å²) >= 11 is 0. The Labute approximate surface area is 114 Å². The quantitative estimate of drug-likeness (QED) is 0.725. The van der Waals surface area contributed by atoms with E-state index in [1.165, 1.54) is 0 Å². The summed E-state index contributed by atoms with van der Waals surface area (Å²) in [6, 6.07) is -0.0669. The maximum Gasteiger partial charge on any atom is 0.317 e. The molecule has 1 saturated carbocycles. The topological polar surface area (TPSA) is 69.6 Å². The molecule has 5 heteroatoms. The molecule has 0 aromatic rings. The largest absolute Gasteiger partial charge is 0.481 e. The molecule has 0 bridgehead atoms. The number of nitrogens with one attached hydrogen (secondary N) is 1. The SMILES string of the molecule is C=CCN(CC)C(=O)NCC1CCC(C(=O)O)CC1. The van der Waals surface area contributed by atoms with Crippen molar-refractivity contribution in [2.45, 2.75) is 32.6 Å². The predicted octanol–water partition coefficient (Wildman–Crippen LogP) is 2.09. The maximum absolute atomic E-state index is 11.9. The summed E-state index contributed by atoms with van der Waals surface area (Å²) in [5, 5.41) is 11.8. The van der Waals surface area contributed by atoms with Gasteiger partial charge in [0.05, 0.1) is 5.92 Å². The highest BCUT2D eigenvalue weighted by Gasteiger charge is 2.26. The van der Waals surface area contributed by atoms with Crippen molar-refractivity contribution < 1.29 is 14.7 Å². The van der Waals surface area contributed by atoms with Crippen LogP contribution in [0.3, 0.4) is 0 Å². The van der Waals surface area contributed by atoms with Gasteiger partial charge in [-0.2, -0.15) is 0 Å². The van der Waals surface area contributed by atoms with Gasteiger partial charge in [0.15, 0.2) is 0 Å². The Bertz CT molecular complexity index is 323. The van der Waals surface area contributed by atoms with E-state index in [2.05, 4.69) is 11.9 Å². The van der Waals surface area contributed by atoms with Crippen LogP contribution in [0.2, 0.25) is 0 Å². The number of amides is 2. The smallest absolute Gasteiger partial charge is 0.317 e. The lowest BCUT2D eigenvalue weighted by atomic mass is 9.82. The fourth-order valence-corrected chi connectivity index (χ4v) is 2.47. The Balaban J connectivity index is 2.28.